The minimum absolute atomic E-state index is 0.109. The predicted molar refractivity (Wildman–Crippen MR) is 84.4 cm³/mol. The summed E-state index contributed by atoms with van der Waals surface area (Å²) >= 11 is 0. The van der Waals surface area contributed by atoms with E-state index in [-0.39, 0.29) is 6.42 Å². The topological polar surface area (TPSA) is 67.9 Å². The Labute approximate surface area is 137 Å². The second-order valence-corrected chi connectivity index (χ2v) is 6.82. The number of halogens is 3. The largest absolute Gasteiger partial charge is 0.392 e. The molecule has 4 rings (SSSR count). The summed E-state index contributed by atoms with van der Waals surface area (Å²) in [6.45, 7) is 0.718. The molecule has 1 saturated carbocycles. The molecule has 5 nitrogen and oxygen atoms in total. The number of pyridine rings is 1. The highest BCUT2D eigenvalue weighted by Gasteiger charge is 2.58. The summed E-state index contributed by atoms with van der Waals surface area (Å²) in [5, 5.41) is 0.728. The van der Waals surface area contributed by atoms with Gasteiger partial charge in [0.05, 0.1) is 11.3 Å². The van der Waals surface area contributed by atoms with Crippen LogP contribution < -0.4 is 10.6 Å². The molecule has 1 aliphatic carbocycles. The maximum Gasteiger partial charge on any atom is 0.392 e. The van der Waals surface area contributed by atoms with Gasteiger partial charge in [0.25, 0.3) is 0 Å². The average Bonchev–Trinajstić information content (AvgIpc) is 2.51. The first-order valence-corrected chi connectivity index (χ1v) is 8.08. The predicted octanol–water partition coefficient (Wildman–Crippen LogP) is 3.17. The third-order valence-corrected chi connectivity index (χ3v) is 5.47. The van der Waals surface area contributed by atoms with E-state index in [1.807, 2.05) is 4.90 Å². The standard InChI is InChI=1S/C16H18F3N5/c17-16(18,19)11-4-7-24(8-15(11)5-1-6-15)14-10-2-3-12(20)23-13(10)21-9-22-14/h2-3,9,11H,1,4-8H2,(H2,20,21,22,23)/t11-/m1/s1. The van der Waals surface area contributed by atoms with Gasteiger partial charge < -0.3 is 10.6 Å². The van der Waals surface area contributed by atoms with E-state index >= 15 is 0 Å². The van der Waals surface area contributed by atoms with E-state index in [1.165, 1.54) is 6.33 Å². The molecular formula is C16H18F3N5. The van der Waals surface area contributed by atoms with Crippen LogP contribution >= 0.6 is 0 Å². The summed E-state index contributed by atoms with van der Waals surface area (Å²) in [4.78, 5) is 14.6. The molecule has 2 aromatic heterocycles. The third kappa shape index (κ3) is 2.35. The maximum atomic E-state index is 13.4. The number of rotatable bonds is 1. The Hall–Kier alpha value is -2.12. The highest BCUT2D eigenvalue weighted by Crippen LogP contribution is 2.56. The Morgan fingerprint density at radius 2 is 2.00 bits per heavy atom. The molecule has 1 spiro atoms. The number of aromatic nitrogens is 3. The van der Waals surface area contributed by atoms with Crippen LogP contribution in [0.2, 0.25) is 0 Å². The fraction of sp³-hybridized carbons (Fsp3) is 0.562. The molecule has 8 heteroatoms. The first-order valence-electron chi connectivity index (χ1n) is 8.08. The Morgan fingerprint density at radius 1 is 1.21 bits per heavy atom. The molecule has 3 heterocycles. The summed E-state index contributed by atoms with van der Waals surface area (Å²) < 4.78 is 40.2. The SMILES string of the molecule is Nc1ccc2c(N3CC[C@@H](C(F)(F)F)C4(CCC4)C3)ncnc2n1. The zero-order chi connectivity index (χ0) is 16.9. The normalized spacial score (nSPS) is 23.5. The van der Waals surface area contributed by atoms with E-state index in [4.69, 9.17) is 5.73 Å². The number of alkyl halides is 3. The molecule has 24 heavy (non-hydrogen) atoms. The Morgan fingerprint density at radius 3 is 2.67 bits per heavy atom. The van der Waals surface area contributed by atoms with Crippen LogP contribution in [-0.2, 0) is 0 Å². The Kier molecular flexibility index (Phi) is 3.33. The first-order chi connectivity index (χ1) is 11.4. The number of piperidine rings is 1. The molecule has 0 unspecified atom stereocenters. The molecule has 0 amide bonds. The number of fused-ring (bicyclic) bond motifs is 1. The minimum Gasteiger partial charge on any atom is -0.384 e. The van der Waals surface area contributed by atoms with Gasteiger partial charge in [-0.2, -0.15) is 13.2 Å². The summed E-state index contributed by atoms with van der Waals surface area (Å²) in [5.41, 5.74) is 5.48. The molecule has 2 fully saturated rings. The van der Waals surface area contributed by atoms with E-state index in [9.17, 15) is 13.2 Å². The highest BCUT2D eigenvalue weighted by atomic mass is 19.4. The lowest BCUT2D eigenvalue weighted by atomic mass is 9.58. The molecule has 2 aliphatic rings. The van der Waals surface area contributed by atoms with Crippen molar-refractivity contribution in [2.24, 2.45) is 11.3 Å². The summed E-state index contributed by atoms with van der Waals surface area (Å²) in [6, 6.07) is 3.45. The van der Waals surface area contributed by atoms with E-state index in [2.05, 4.69) is 15.0 Å². The Bertz CT molecular complexity index is 772. The van der Waals surface area contributed by atoms with Gasteiger partial charge in [-0.15, -0.1) is 0 Å². The number of nitrogen functional groups attached to an aromatic ring is 1. The van der Waals surface area contributed by atoms with Crippen LogP contribution in [0.1, 0.15) is 25.7 Å². The summed E-state index contributed by atoms with van der Waals surface area (Å²) in [5.74, 6) is -0.199. The molecule has 2 N–H and O–H groups in total. The van der Waals surface area contributed by atoms with Gasteiger partial charge in [0.2, 0.25) is 0 Å². The molecule has 0 radical (unpaired) electrons. The minimum atomic E-state index is -4.13. The van der Waals surface area contributed by atoms with Crippen LogP contribution in [0.3, 0.4) is 0 Å². The van der Waals surface area contributed by atoms with Crippen molar-refractivity contribution in [2.75, 3.05) is 23.7 Å². The number of nitrogens with zero attached hydrogens (tertiary/aromatic N) is 4. The smallest absolute Gasteiger partial charge is 0.384 e. The van der Waals surface area contributed by atoms with Crippen molar-refractivity contribution < 1.29 is 13.2 Å². The van der Waals surface area contributed by atoms with Crippen molar-refractivity contribution in [1.82, 2.24) is 15.0 Å². The molecular weight excluding hydrogens is 319 g/mol. The summed E-state index contributed by atoms with van der Waals surface area (Å²) in [6.07, 6.45) is -0.506. The van der Waals surface area contributed by atoms with Crippen LogP contribution in [0.4, 0.5) is 24.8 Å². The number of nitrogens with two attached hydrogens (primary N) is 1. The van der Waals surface area contributed by atoms with Gasteiger partial charge >= 0.3 is 6.18 Å². The van der Waals surface area contributed by atoms with Crippen molar-refractivity contribution in [3.05, 3.63) is 18.5 Å². The lowest BCUT2D eigenvalue weighted by Gasteiger charge is -2.54. The quantitative estimate of drug-likeness (QED) is 0.866. The molecule has 128 valence electrons. The van der Waals surface area contributed by atoms with Gasteiger partial charge in [-0.1, -0.05) is 6.42 Å². The molecule has 1 aliphatic heterocycles. The van der Waals surface area contributed by atoms with Crippen molar-refractivity contribution in [3.8, 4) is 0 Å². The van der Waals surface area contributed by atoms with Crippen molar-refractivity contribution in [3.63, 3.8) is 0 Å². The van der Waals surface area contributed by atoms with Gasteiger partial charge in [0, 0.05) is 13.1 Å². The number of anilines is 2. The molecule has 2 aromatic rings. The van der Waals surface area contributed by atoms with Gasteiger partial charge in [0.15, 0.2) is 5.65 Å². The van der Waals surface area contributed by atoms with Gasteiger partial charge in [-0.05, 0) is 36.8 Å². The molecule has 0 aromatic carbocycles. The monoisotopic (exact) mass is 337 g/mol. The lowest BCUT2D eigenvalue weighted by molar-refractivity contribution is -0.225. The van der Waals surface area contributed by atoms with E-state index in [0.717, 1.165) is 11.8 Å². The lowest BCUT2D eigenvalue weighted by Crippen LogP contribution is -2.56. The fourth-order valence-corrected chi connectivity index (χ4v) is 4.19. The second kappa shape index (κ2) is 5.19. The van der Waals surface area contributed by atoms with Crippen LogP contribution in [0.5, 0.6) is 0 Å². The molecule has 1 atom stereocenters. The fourth-order valence-electron chi connectivity index (χ4n) is 4.19. The zero-order valence-electron chi connectivity index (χ0n) is 13.1. The van der Waals surface area contributed by atoms with Crippen LogP contribution in [0.25, 0.3) is 11.0 Å². The van der Waals surface area contributed by atoms with Crippen LogP contribution in [0, 0.1) is 11.3 Å². The van der Waals surface area contributed by atoms with Gasteiger partial charge in [-0.25, -0.2) is 15.0 Å². The first kappa shape index (κ1) is 15.4. The summed E-state index contributed by atoms with van der Waals surface area (Å²) in [7, 11) is 0. The van der Waals surface area contributed by atoms with Gasteiger partial charge in [0.1, 0.15) is 18.0 Å². The van der Waals surface area contributed by atoms with Crippen molar-refractivity contribution in [2.45, 2.75) is 31.9 Å². The van der Waals surface area contributed by atoms with Crippen molar-refractivity contribution in [1.29, 1.82) is 0 Å². The van der Waals surface area contributed by atoms with E-state index in [0.29, 0.717) is 43.2 Å². The average molecular weight is 337 g/mol. The Balaban J connectivity index is 1.70. The third-order valence-electron chi connectivity index (χ3n) is 5.47. The molecule has 1 saturated heterocycles. The zero-order valence-corrected chi connectivity index (χ0v) is 13.1. The van der Waals surface area contributed by atoms with Crippen LogP contribution in [0.15, 0.2) is 18.5 Å². The van der Waals surface area contributed by atoms with Gasteiger partial charge in [-0.3, -0.25) is 0 Å². The second-order valence-electron chi connectivity index (χ2n) is 6.82. The number of hydrogen-bond donors (Lipinski definition) is 1. The maximum absolute atomic E-state index is 13.4. The highest BCUT2D eigenvalue weighted by molar-refractivity contribution is 5.87. The molecule has 0 bridgehead atoms. The van der Waals surface area contributed by atoms with E-state index in [1.54, 1.807) is 12.1 Å². The van der Waals surface area contributed by atoms with Crippen LogP contribution in [-0.4, -0.2) is 34.2 Å². The van der Waals surface area contributed by atoms with E-state index < -0.39 is 17.5 Å². The van der Waals surface area contributed by atoms with Crippen molar-refractivity contribution >= 4 is 22.7 Å². The number of hydrogen-bond acceptors (Lipinski definition) is 5.